The van der Waals surface area contributed by atoms with Gasteiger partial charge < -0.3 is 28.4 Å². The number of carbonyl (C=O) groups excluding carboxylic acids is 1. The maximum atomic E-state index is 12.6. The molecule has 0 aliphatic carbocycles. The number of carbonyl (C=O) groups is 1. The van der Waals surface area contributed by atoms with Gasteiger partial charge in [0.1, 0.15) is 16.2 Å². The normalized spacial score (nSPS) is 12.6. The molecule has 176 valence electrons. The van der Waals surface area contributed by atoms with Crippen LogP contribution in [-0.2, 0) is 14.9 Å². The van der Waals surface area contributed by atoms with E-state index >= 15 is 0 Å². The number of rotatable bonds is 8. The summed E-state index contributed by atoms with van der Waals surface area (Å²) in [7, 11) is 0.250. The van der Waals surface area contributed by atoms with Gasteiger partial charge >= 0.3 is 16.2 Å². The lowest BCUT2D eigenvalue weighted by molar-refractivity contribution is 0.0205. The molecule has 2 aromatic carbocycles. The van der Waals surface area contributed by atoms with Crippen LogP contribution in [0, 0.1) is 0 Å². The Morgan fingerprint density at radius 2 is 1.62 bits per heavy atom. The maximum Gasteiger partial charge on any atom is 0.410 e. The molecule has 10 heteroatoms. The van der Waals surface area contributed by atoms with Crippen molar-refractivity contribution in [2.24, 2.45) is 0 Å². The second kappa shape index (κ2) is 10.1. The summed E-state index contributed by atoms with van der Waals surface area (Å²) in [6, 6.07) is 10.0. The highest BCUT2D eigenvalue weighted by atomic mass is 32.2. The molecular formula is C22H29NO8S. The standard InChI is InChI=1S/C22H29NO8S/c1-22(2,3)30-21(25)23(4)14-18(24)15-7-9-16(10-8-15)31-32(26,27)17-11-12-19(28-5)20(13-17)29-6/h7-13,18,24H,14H2,1-6H3. The number of ether oxygens (including phenoxy) is 3. The van der Waals surface area contributed by atoms with Crippen LogP contribution >= 0.6 is 0 Å². The Balaban J connectivity index is 2.08. The largest absolute Gasteiger partial charge is 0.493 e. The van der Waals surface area contributed by atoms with Crippen LogP contribution in [0.1, 0.15) is 32.4 Å². The van der Waals surface area contributed by atoms with Crippen molar-refractivity contribution in [2.45, 2.75) is 37.4 Å². The fourth-order valence-corrected chi connectivity index (χ4v) is 3.62. The minimum atomic E-state index is -4.12. The third-order valence-electron chi connectivity index (χ3n) is 4.27. The Kier molecular flexibility index (Phi) is 7.97. The Bertz CT molecular complexity index is 1030. The van der Waals surface area contributed by atoms with Gasteiger partial charge in [-0.05, 0) is 50.6 Å². The fourth-order valence-electron chi connectivity index (χ4n) is 2.67. The summed E-state index contributed by atoms with van der Waals surface area (Å²) < 4.78 is 45.9. The first kappa shape index (κ1) is 25.3. The Morgan fingerprint density at radius 1 is 1.03 bits per heavy atom. The summed E-state index contributed by atoms with van der Waals surface area (Å²) in [4.78, 5) is 13.2. The minimum Gasteiger partial charge on any atom is -0.493 e. The molecule has 1 atom stereocenters. The van der Waals surface area contributed by atoms with Gasteiger partial charge in [0.05, 0.1) is 26.9 Å². The molecule has 0 saturated heterocycles. The molecule has 0 aliphatic rings. The van der Waals surface area contributed by atoms with Crippen LogP contribution in [0.3, 0.4) is 0 Å². The number of hydrogen-bond acceptors (Lipinski definition) is 8. The number of amides is 1. The van der Waals surface area contributed by atoms with Gasteiger partial charge in [0.25, 0.3) is 0 Å². The molecule has 0 fully saturated rings. The molecule has 1 unspecified atom stereocenters. The third kappa shape index (κ3) is 6.76. The summed E-state index contributed by atoms with van der Waals surface area (Å²) in [6.07, 6.45) is -1.55. The second-order valence-corrected chi connectivity index (χ2v) is 9.55. The van der Waals surface area contributed by atoms with E-state index in [9.17, 15) is 18.3 Å². The predicted molar refractivity (Wildman–Crippen MR) is 118 cm³/mol. The predicted octanol–water partition coefficient (Wildman–Crippen LogP) is 3.37. The number of aliphatic hydroxyl groups is 1. The fraction of sp³-hybridized carbons (Fsp3) is 0.409. The monoisotopic (exact) mass is 467 g/mol. The van der Waals surface area contributed by atoms with E-state index in [4.69, 9.17) is 18.4 Å². The molecule has 0 saturated carbocycles. The van der Waals surface area contributed by atoms with Crippen molar-refractivity contribution in [3.63, 3.8) is 0 Å². The van der Waals surface area contributed by atoms with Crippen molar-refractivity contribution in [3.8, 4) is 17.2 Å². The topological polar surface area (TPSA) is 112 Å². The van der Waals surface area contributed by atoms with Crippen molar-refractivity contribution in [3.05, 3.63) is 48.0 Å². The van der Waals surface area contributed by atoms with Gasteiger partial charge in [-0.2, -0.15) is 8.42 Å². The van der Waals surface area contributed by atoms with Gasteiger partial charge in [-0.25, -0.2) is 4.79 Å². The number of methoxy groups -OCH3 is 2. The van der Waals surface area contributed by atoms with E-state index in [0.717, 1.165) is 0 Å². The summed E-state index contributed by atoms with van der Waals surface area (Å²) in [5.41, 5.74) is -0.162. The van der Waals surface area contributed by atoms with Crippen molar-refractivity contribution >= 4 is 16.2 Å². The van der Waals surface area contributed by atoms with E-state index in [2.05, 4.69) is 0 Å². The van der Waals surface area contributed by atoms with Crippen LogP contribution in [0.25, 0.3) is 0 Å². The Labute approximate surface area is 188 Å². The highest BCUT2D eigenvalue weighted by Crippen LogP contribution is 2.31. The zero-order valence-electron chi connectivity index (χ0n) is 19.0. The zero-order chi connectivity index (χ0) is 24.1. The molecular weight excluding hydrogens is 438 g/mol. The molecule has 2 aromatic rings. The number of nitrogens with zero attached hydrogens (tertiary/aromatic N) is 1. The van der Waals surface area contributed by atoms with E-state index in [0.29, 0.717) is 11.3 Å². The zero-order valence-corrected chi connectivity index (χ0v) is 19.8. The van der Waals surface area contributed by atoms with Crippen LogP contribution in [-0.4, -0.2) is 57.9 Å². The van der Waals surface area contributed by atoms with Gasteiger partial charge in [0, 0.05) is 13.1 Å². The third-order valence-corrected chi connectivity index (χ3v) is 5.51. The van der Waals surface area contributed by atoms with Gasteiger partial charge in [-0.3, -0.25) is 0 Å². The van der Waals surface area contributed by atoms with E-state index in [1.54, 1.807) is 20.8 Å². The average Bonchev–Trinajstić information content (AvgIpc) is 2.72. The molecule has 1 N–H and O–H groups in total. The molecule has 9 nitrogen and oxygen atoms in total. The molecule has 0 heterocycles. The molecule has 0 spiro atoms. The second-order valence-electron chi connectivity index (χ2n) is 8.00. The van der Waals surface area contributed by atoms with Crippen LogP contribution in [0.5, 0.6) is 17.2 Å². The highest BCUT2D eigenvalue weighted by Gasteiger charge is 2.23. The van der Waals surface area contributed by atoms with Gasteiger partial charge in [0.2, 0.25) is 0 Å². The molecule has 0 aliphatic heterocycles. The highest BCUT2D eigenvalue weighted by molar-refractivity contribution is 7.87. The first-order valence-electron chi connectivity index (χ1n) is 9.75. The SMILES string of the molecule is COc1ccc(S(=O)(=O)Oc2ccc(C(O)CN(C)C(=O)OC(C)(C)C)cc2)cc1OC. The maximum absolute atomic E-state index is 12.6. The Hall–Kier alpha value is -2.98. The van der Waals surface area contributed by atoms with E-state index in [1.807, 2.05) is 0 Å². The lowest BCUT2D eigenvalue weighted by atomic mass is 10.1. The molecule has 32 heavy (non-hydrogen) atoms. The first-order valence-corrected chi connectivity index (χ1v) is 11.2. The van der Waals surface area contributed by atoms with Crippen LogP contribution < -0.4 is 13.7 Å². The van der Waals surface area contributed by atoms with Crippen LogP contribution in [0.4, 0.5) is 4.79 Å². The summed E-state index contributed by atoms with van der Waals surface area (Å²) in [5.74, 6) is 0.710. The smallest absolute Gasteiger partial charge is 0.410 e. The van der Waals surface area contributed by atoms with Crippen molar-refractivity contribution < 1.29 is 36.7 Å². The quantitative estimate of drug-likeness (QED) is 0.588. The molecule has 2 rings (SSSR count). The summed E-state index contributed by atoms with van der Waals surface area (Å²) in [6.45, 7) is 5.26. The summed E-state index contributed by atoms with van der Waals surface area (Å²) in [5, 5.41) is 10.4. The molecule has 0 aromatic heterocycles. The lowest BCUT2D eigenvalue weighted by Crippen LogP contribution is -2.36. The molecule has 0 radical (unpaired) electrons. The van der Waals surface area contributed by atoms with Gasteiger partial charge in [-0.15, -0.1) is 0 Å². The Morgan fingerprint density at radius 3 is 2.16 bits per heavy atom. The number of aliphatic hydroxyl groups excluding tert-OH is 1. The van der Waals surface area contributed by atoms with Crippen LogP contribution in [0.2, 0.25) is 0 Å². The van der Waals surface area contributed by atoms with Crippen molar-refractivity contribution in [1.82, 2.24) is 4.90 Å². The van der Waals surface area contributed by atoms with E-state index in [-0.39, 0.29) is 22.9 Å². The van der Waals surface area contributed by atoms with Gasteiger partial charge in [0.15, 0.2) is 11.5 Å². The lowest BCUT2D eigenvalue weighted by Gasteiger charge is -2.26. The molecule has 0 bridgehead atoms. The van der Waals surface area contributed by atoms with E-state index in [1.165, 1.54) is 68.6 Å². The molecule has 1 amide bonds. The average molecular weight is 468 g/mol. The van der Waals surface area contributed by atoms with E-state index < -0.39 is 27.9 Å². The number of hydrogen-bond donors (Lipinski definition) is 1. The minimum absolute atomic E-state index is 0.000934. The van der Waals surface area contributed by atoms with Crippen LogP contribution in [0.15, 0.2) is 47.4 Å². The number of likely N-dealkylation sites (N-methyl/N-ethyl adjacent to an activating group) is 1. The van der Waals surface area contributed by atoms with Crippen molar-refractivity contribution in [2.75, 3.05) is 27.8 Å². The summed E-state index contributed by atoms with van der Waals surface area (Å²) >= 11 is 0. The van der Waals surface area contributed by atoms with Gasteiger partial charge in [-0.1, -0.05) is 12.1 Å². The van der Waals surface area contributed by atoms with Crippen molar-refractivity contribution in [1.29, 1.82) is 0 Å². The number of benzene rings is 2. The first-order chi connectivity index (χ1) is 14.9.